The number of hydrogen-bond donors (Lipinski definition) is 2. The molecule has 2 aromatic rings. The van der Waals surface area contributed by atoms with Crippen LogP contribution in [0.4, 0.5) is 0 Å². The highest BCUT2D eigenvalue weighted by atomic mass is 16.2. The van der Waals surface area contributed by atoms with Gasteiger partial charge in [0.05, 0.1) is 11.3 Å². The zero-order chi connectivity index (χ0) is 15.0. The van der Waals surface area contributed by atoms with E-state index in [4.69, 9.17) is 0 Å². The van der Waals surface area contributed by atoms with Crippen molar-refractivity contribution in [2.24, 2.45) is 0 Å². The van der Waals surface area contributed by atoms with Gasteiger partial charge in [-0.2, -0.15) is 10.1 Å². The molecule has 21 heavy (non-hydrogen) atoms. The van der Waals surface area contributed by atoms with Crippen LogP contribution in [0.1, 0.15) is 28.9 Å². The molecule has 1 aliphatic rings. The molecule has 0 saturated carbocycles. The van der Waals surface area contributed by atoms with Crippen LogP contribution in [-0.4, -0.2) is 43.3 Å². The Morgan fingerprint density at radius 3 is 3.00 bits per heavy atom. The molecule has 1 atom stereocenters. The summed E-state index contributed by atoms with van der Waals surface area (Å²) in [5.74, 6) is -0.864. The summed E-state index contributed by atoms with van der Waals surface area (Å²) in [6.07, 6.45) is 3.22. The van der Waals surface area contributed by atoms with Crippen molar-refractivity contribution < 1.29 is 14.4 Å². The van der Waals surface area contributed by atoms with E-state index in [0.717, 1.165) is 0 Å². The first kappa shape index (κ1) is 13.2. The van der Waals surface area contributed by atoms with Gasteiger partial charge in [-0.05, 0) is 13.3 Å². The number of amides is 3. The molecule has 9 heteroatoms. The Kier molecular flexibility index (Phi) is 3.09. The summed E-state index contributed by atoms with van der Waals surface area (Å²) in [7, 11) is 0. The molecule has 1 saturated heterocycles. The van der Waals surface area contributed by atoms with Crippen LogP contribution in [0.2, 0.25) is 0 Å². The van der Waals surface area contributed by atoms with Crippen LogP contribution in [-0.2, 0) is 9.59 Å². The summed E-state index contributed by atoms with van der Waals surface area (Å²) < 4.78 is 1.44. The number of imide groups is 1. The predicted octanol–water partition coefficient (Wildman–Crippen LogP) is -1.03. The Balaban J connectivity index is 1.82. The highest BCUT2D eigenvalue weighted by Crippen LogP contribution is 2.10. The molecule has 0 aromatic carbocycles. The first-order valence-corrected chi connectivity index (χ1v) is 6.36. The number of nitrogens with one attached hydrogen (secondary N) is 2. The van der Waals surface area contributed by atoms with E-state index in [1.165, 1.54) is 17.0 Å². The minimum absolute atomic E-state index is 0.204. The largest absolute Gasteiger partial charge is 0.340 e. The number of carbonyl (C=O) groups is 3. The standard InChI is InChI=1S/C12H12N6O3/c1-6-7(4-13-12-14-5-15-18(6)12)10(20)16-8-2-3-9(19)17-11(8)21/h4-5,8H,2-3H2,1H3,(H,16,20)(H,17,19,21). The lowest BCUT2D eigenvalue weighted by Gasteiger charge is -2.22. The lowest BCUT2D eigenvalue weighted by Crippen LogP contribution is -2.52. The topological polar surface area (TPSA) is 118 Å². The molecular formula is C12H12N6O3. The van der Waals surface area contributed by atoms with Gasteiger partial charge in [0.15, 0.2) is 0 Å². The summed E-state index contributed by atoms with van der Waals surface area (Å²) in [5.41, 5.74) is 0.875. The van der Waals surface area contributed by atoms with Gasteiger partial charge < -0.3 is 5.32 Å². The van der Waals surface area contributed by atoms with Crippen LogP contribution in [0.5, 0.6) is 0 Å². The van der Waals surface area contributed by atoms with Crippen molar-refractivity contribution in [3.63, 3.8) is 0 Å². The van der Waals surface area contributed by atoms with Gasteiger partial charge in [0, 0.05) is 12.6 Å². The SMILES string of the molecule is Cc1c(C(=O)NC2CCC(=O)NC2=O)cnc2ncnn12. The van der Waals surface area contributed by atoms with Gasteiger partial charge in [-0.3, -0.25) is 19.7 Å². The van der Waals surface area contributed by atoms with E-state index in [0.29, 0.717) is 17.0 Å². The zero-order valence-corrected chi connectivity index (χ0v) is 11.2. The number of rotatable bonds is 2. The third-order valence-corrected chi connectivity index (χ3v) is 3.34. The molecule has 0 radical (unpaired) electrons. The van der Waals surface area contributed by atoms with Crippen LogP contribution in [0.25, 0.3) is 5.78 Å². The predicted molar refractivity (Wildman–Crippen MR) is 69.2 cm³/mol. The van der Waals surface area contributed by atoms with Crippen LogP contribution < -0.4 is 10.6 Å². The number of piperidine rings is 1. The van der Waals surface area contributed by atoms with E-state index in [2.05, 4.69) is 25.7 Å². The second-order valence-electron chi connectivity index (χ2n) is 4.71. The summed E-state index contributed by atoms with van der Waals surface area (Å²) in [4.78, 5) is 42.9. The van der Waals surface area contributed by atoms with E-state index in [9.17, 15) is 14.4 Å². The van der Waals surface area contributed by atoms with Gasteiger partial charge in [-0.1, -0.05) is 0 Å². The van der Waals surface area contributed by atoms with Gasteiger partial charge in [-0.25, -0.2) is 9.50 Å². The quantitative estimate of drug-likeness (QED) is 0.682. The van der Waals surface area contributed by atoms with Crippen LogP contribution >= 0.6 is 0 Å². The fourth-order valence-corrected chi connectivity index (χ4v) is 2.18. The molecule has 1 aliphatic heterocycles. The van der Waals surface area contributed by atoms with Gasteiger partial charge in [0.25, 0.3) is 11.7 Å². The van der Waals surface area contributed by atoms with Crippen LogP contribution in [0.15, 0.2) is 12.5 Å². The van der Waals surface area contributed by atoms with Crippen LogP contribution in [0.3, 0.4) is 0 Å². The molecule has 2 aromatic heterocycles. The van der Waals surface area contributed by atoms with Crippen molar-refractivity contribution in [2.45, 2.75) is 25.8 Å². The lowest BCUT2D eigenvalue weighted by atomic mass is 10.1. The van der Waals surface area contributed by atoms with E-state index in [1.807, 2.05) is 0 Å². The maximum absolute atomic E-state index is 12.2. The molecule has 3 heterocycles. The second-order valence-corrected chi connectivity index (χ2v) is 4.71. The van der Waals surface area contributed by atoms with Gasteiger partial charge in [0.2, 0.25) is 11.8 Å². The third kappa shape index (κ3) is 2.33. The van der Waals surface area contributed by atoms with E-state index in [1.54, 1.807) is 6.92 Å². The Morgan fingerprint density at radius 1 is 1.43 bits per heavy atom. The van der Waals surface area contributed by atoms with Crippen molar-refractivity contribution in [3.05, 3.63) is 23.8 Å². The zero-order valence-electron chi connectivity index (χ0n) is 11.2. The van der Waals surface area contributed by atoms with Crippen molar-refractivity contribution >= 4 is 23.5 Å². The maximum Gasteiger partial charge on any atom is 0.255 e. The van der Waals surface area contributed by atoms with Crippen LogP contribution in [0, 0.1) is 6.92 Å². The fraction of sp³-hybridized carbons (Fsp3) is 0.333. The molecule has 9 nitrogen and oxygen atoms in total. The Labute approximate surface area is 118 Å². The Bertz CT molecular complexity index is 753. The summed E-state index contributed by atoms with van der Waals surface area (Å²) in [6, 6.07) is -0.721. The monoisotopic (exact) mass is 288 g/mol. The maximum atomic E-state index is 12.2. The van der Waals surface area contributed by atoms with E-state index < -0.39 is 17.9 Å². The van der Waals surface area contributed by atoms with Gasteiger partial charge in [-0.15, -0.1) is 0 Å². The number of hydrogen-bond acceptors (Lipinski definition) is 6. The number of aromatic nitrogens is 4. The highest BCUT2D eigenvalue weighted by Gasteiger charge is 2.28. The second kappa shape index (κ2) is 4.93. The molecule has 1 fully saturated rings. The molecule has 0 bridgehead atoms. The first-order chi connectivity index (χ1) is 10.1. The number of nitrogens with zero attached hydrogens (tertiary/aromatic N) is 4. The molecule has 0 spiro atoms. The molecule has 3 amide bonds. The smallest absolute Gasteiger partial charge is 0.255 e. The minimum Gasteiger partial charge on any atom is -0.340 e. The van der Waals surface area contributed by atoms with Crippen molar-refractivity contribution in [2.75, 3.05) is 0 Å². The third-order valence-electron chi connectivity index (χ3n) is 3.34. The first-order valence-electron chi connectivity index (χ1n) is 6.36. The number of aryl methyl sites for hydroxylation is 1. The number of fused-ring (bicyclic) bond motifs is 1. The summed E-state index contributed by atoms with van der Waals surface area (Å²) in [5, 5.41) is 8.76. The summed E-state index contributed by atoms with van der Waals surface area (Å²) >= 11 is 0. The molecule has 0 aliphatic carbocycles. The van der Waals surface area contributed by atoms with E-state index >= 15 is 0 Å². The average Bonchev–Trinajstić information content (AvgIpc) is 2.91. The van der Waals surface area contributed by atoms with Crippen molar-refractivity contribution in [3.8, 4) is 0 Å². The highest BCUT2D eigenvalue weighted by molar-refractivity contribution is 6.04. The molecule has 3 rings (SSSR count). The normalized spacial score (nSPS) is 18.6. The fourth-order valence-electron chi connectivity index (χ4n) is 2.18. The lowest BCUT2D eigenvalue weighted by molar-refractivity contribution is -0.134. The molecule has 108 valence electrons. The number of carbonyl (C=O) groups excluding carboxylic acids is 3. The molecule has 1 unspecified atom stereocenters. The van der Waals surface area contributed by atoms with E-state index in [-0.39, 0.29) is 18.7 Å². The summed E-state index contributed by atoms with van der Waals surface area (Å²) in [6.45, 7) is 1.71. The van der Waals surface area contributed by atoms with Crippen molar-refractivity contribution in [1.82, 2.24) is 30.2 Å². The minimum atomic E-state index is -0.721. The molecular weight excluding hydrogens is 276 g/mol. The van der Waals surface area contributed by atoms with Gasteiger partial charge >= 0.3 is 0 Å². The molecule has 2 N–H and O–H groups in total. The van der Waals surface area contributed by atoms with Gasteiger partial charge in [0.1, 0.15) is 12.4 Å². The Morgan fingerprint density at radius 2 is 2.24 bits per heavy atom. The van der Waals surface area contributed by atoms with Crippen molar-refractivity contribution in [1.29, 1.82) is 0 Å². The Hall–Kier alpha value is -2.84. The average molecular weight is 288 g/mol.